The molecule has 0 radical (unpaired) electrons. The minimum Gasteiger partial charge on any atom is -0.394 e. The van der Waals surface area contributed by atoms with E-state index in [-0.39, 0.29) is 18.9 Å². The van der Waals surface area contributed by atoms with E-state index in [1.807, 2.05) is 6.08 Å². The van der Waals surface area contributed by atoms with Gasteiger partial charge in [-0.3, -0.25) is 4.79 Å². The molecule has 2 aliphatic rings. The second-order valence-corrected chi connectivity index (χ2v) is 23.6. The van der Waals surface area contributed by atoms with Gasteiger partial charge in [-0.2, -0.15) is 0 Å². The van der Waals surface area contributed by atoms with Gasteiger partial charge in [0, 0.05) is 6.42 Å². The molecule has 2 aliphatic heterocycles. The molecule has 2 heterocycles. The van der Waals surface area contributed by atoms with Gasteiger partial charge in [0.25, 0.3) is 0 Å². The number of aliphatic hydroxyl groups is 8. The molecule has 0 aliphatic carbocycles. The maximum Gasteiger partial charge on any atom is 0.220 e. The fourth-order valence-corrected chi connectivity index (χ4v) is 11.2. The van der Waals surface area contributed by atoms with E-state index < -0.39 is 86.8 Å². The second kappa shape index (κ2) is 50.3. The van der Waals surface area contributed by atoms with Gasteiger partial charge >= 0.3 is 0 Å². The largest absolute Gasteiger partial charge is 0.394 e. The van der Waals surface area contributed by atoms with Crippen LogP contribution in [0.15, 0.2) is 12.2 Å². The summed E-state index contributed by atoms with van der Waals surface area (Å²) >= 11 is 0. The van der Waals surface area contributed by atoms with Crippen molar-refractivity contribution >= 4 is 5.91 Å². The first-order valence-corrected chi connectivity index (χ1v) is 32.9. The lowest BCUT2D eigenvalue weighted by Crippen LogP contribution is -2.65. The van der Waals surface area contributed by atoms with E-state index in [2.05, 4.69) is 19.2 Å². The van der Waals surface area contributed by atoms with Gasteiger partial charge < -0.3 is 65.1 Å². The highest BCUT2D eigenvalue weighted by atomic mass is 16.7. The van der Waals surface area contributed by atoms with Crippen LogP contribution in [-0.2, 0) is 23.7 Å². The highest BCUT2D eigenvalue weighted by Gasteiger charge is 2.51. The predicted octanol–water partition coefficient (Wildman–Crippen LogP) is 12.2. The van der Waals surface area contributed by atoms with Crippen molar-refractivity contribution in [1.82, 2.24) is 5.32 Å². The summed E-state index contributed by atoms with van der Waals surface area (Å²) in [6.07, 6.45) is 42.6. The second-order valence-electron chi connectivity index (χ2n) is 23.6. The van der Waals surface area contributed by atoms with Crippen LogP contribution in [0.5, 0.6) is 0 Å². The van der Waals surface area contributed by atoms with Crippen LogP contribution in [0.4, 0.5) is 0 Å². The molecule has 0 aromatic carbocycles. The van der Waals surface area contributed by atoms with Gasteiger partial charge in [0.05, 0.1) is 32.0 Å². The molecule has 0 bridgehead atoms. The molecule has 78 heavy (non-hydrogen) atoms. The number of aliphatic hydroxyl groups excluding tert-OH is 8. The molecule has 1 amide bonds. The predicted molar refractivity (Wildman–Crippen MR) is 314 cm³/mol. The van der Waals surface area contributed by atoms with E-state index in [9.17, 15) is 45.6 Å². The Hall–Kier alpha value is -1.27. The molecule has 2 saturated heterocycles. The molecule has 14 heteroatoms. The number of allylic oxidation sites excluding steroid dienone is 1. The summed E-state index contributed by atoms with van der Waals surface area (Å²) in [4.78, 5) is 13.3. The molecular formula is C64H123NO13. The Morgan fingerprint density at radius 2 is 0.795 bits per heavy atom. The van der Waals surface area contributed by atoms with E-state index in [0.29, 0.717) is 6.42 Å². The zero-order chi connectivity index (χ0) is 56.7. The number of hydrogen-bond donors (Lipinski definition) is 9. The summed E-state index contributed by atoms with van der Waals surface area (Å²) < 4.78 is 22.8. The maximum absolute atomic E-state index is 13.3. The molecule has 0 aromatic heterocycles. The van der Waals surface area contributed by atoms with Crippen LogP contribution in [0.3, 0.4) is 0 Å². The molecule has 2 fully saturated rings. The summed E-state index contributed by atoms with van der Waals surface area (Å²) in [5.41, 5.74) is 0. The summed E-state index contributed by atoms with van der Waals surface area (Å²) in [7, 11) is 0. The molecule has 0 aromatic rings. The van der Waals surface area contributed by atoms with E-state index in [0.717, 1.165) is 38.5 Å². The van der Waals surface area contributed by atoms with E-state index in [4.69, 9.17) is 18.9 Å². The smallest absolute Gasteiger partial charge is 0.220 e. The van der Waals surface area contributed by atoms with Gasteiger partial charge in [-0.25, -0.2) is 0 Å². The minimum absolute atomic E-state index is 0.233. The minimum atomic E-state index is -1.79. The molecule has 2 rings (SSSR count). The average molecular weight is 1110 g/mol. The summed E-state index contributed by atoms with van der Waals surface area (Å²) in [6, 6.07) is -0.910. The summed E-state index contributed by atoms with van der Waals surface area (Å²) in [6.45, 7) is 2.85. The first-order chi connectivity index (χ1) is 38.1. The fourth-order valence-electron chi connectivity index (χ4n) is 11.2. The van der Waals surface area contributed by atoms with Gasteiger partial charge in [0.15, 0.2) is 12.6 Å². The molecule has 462 valence electrons. The van der Waals surface area contributed by atoms with Crippen LogP contribution >= 0.6 is 0 Å². The topological polar surface area (TPSA) is 228 Å². The number of nitrogens with one attached hydrogen (secondary N) is 1. The number of hydrogen-bond acceptors (Lipinski definition) is 13. The molecule has 14 nitrogen and oxygen atoms in total. The van der Waals surface area contributed by atoms with Gasteiger partial charge in [-0.15, -0.1) is 0 Å². The van der Waals surface area contributed by atoms with Crippen molar-refractivity contribution in [2.75, 3.05) is 19.8 Å². The number of amides is 1. The number of rotatable bonds is 54. The first kappa shape index (κ1) is 72.8. The van der Waals surface area contributed by atoms with Crippen molar-refractivity contribution in [2.45, 2.75) is 370 Å². The first-order valence-electron chi connectivity index (χ1n) is 32.9. The summed E-state index contributed by atoms with van der Waals surface area (Å²) in [5.74, 6) is -0.233. The number of ether oxygens (including phenoxy) is 4. The third-order valence-corrected chi connectivity index (χ3v) is 16.5. The van der Waals surface area contributed by atoms with Crippen molar-refractivity contribution < 1.29 is 64.6 Å². The third kappa shape index (κ3) is 35.0. The number of unbranched alkanes of at least 4 members (excludes halogenated alkanes) is 41. The molecule has 12 unspecified atom stereocenters. The zero-order valence-electron chi connectivity index (χ0n) is 49.9. The molecule has 0 saturated carbocycles. The van der Waals surface area contributed by atoms with E-state index >= 15 is 0 Å². The molecule has 9 N–H and O–H groups in total. The van der Waals surface area contributed by atoms with E-state index in [1.54, 1.807) is 6.08 Å². The molecule has 0 spiro atoms. The van der Waals surface area contributed by atoms with Gasteiger partial charge in [-0.05, 0) is 19.3 Å². The van der Waals surface area contributed by atoms with Crippen molar-refractivity contribution in [2.24, 2.45) is 0 Å². The third-order valence-electron chi connectivity index (χ3n) is 16.5. The molecular weight excluding hydrogens is 991 g/mol. The standard InChI is InChI=1S/C64H123NO13/c1-3-5-7-9-11-13-15-17-19-21-22-23-24-25-26-27-28-29-30-32-33-35-37-39-41-43-45-47-53(68)52(65-56(69)48-46-44-42-40-38-36-34-31-20-18-16-14-12-10-8-6-4-2)51-75-63-61(74)59(72)62(55(50-67)77-63)78-64-60(73)58(71)57(70)54(49-66)76-64/h45,47,52-55,57-64,66-68,70-74H,3-44,46,48-51H2,1-2H3,(H,65,69)/b47-45+. The van der Waals surface area contributed by atoms with Gasteiger partial charge in [-0.1, -0.05) is 283 Å². The fraction of sp³-hybridized carbons (Fsp3) is 0.953. The van der Waals surface area contributed by atoms with Gasteiger partial charge in [0.1, 0.15) is 48.8 Å². The van der Waals surface area contributed by atoms with Crippen LogP contribution in [-0.4, -0.2) is 140 Å². The van der Waals surface area contributed by atoms with Crippen molar-refractivity contribution in [3.8, 4) is 0 Å². The number of carbonyl (C=O) groups excluding carboxylic acids is 1. The van der Waals surface area contributed by atoms with Crippen LogP contribution in [0, 0.1) is 0 Å². The maximum atomic E-state index is 13.3. The monoisotopic (exact) mass is 1110 g/mol. The van der Waals surface area contributed by atoms with Crippen molar-refractivity contribution in [1.29, 1.82) is 0 Å². The Kier molecular flexibility index (Phi) is 46.9. The average Bonchev–Trinajstić information content (AvgIpc) is 3.44. The van der Waals surface area contributed by atoms with Crippen molar-refractivity contribution in [3.05, 3.63) is 12.2 Å². The normalized spacial score (nSPS) is 24.5. The Morgan fingerprint density at radius 1 is 0.449 bits per heavy atom. The van der Waals surface area contributed by atoms with Crippen molar-refractivity contribution in [3.63, 3.8) is 0 Å². The lowest BCUT2D eigenvalue weighted by Gasteiger charge is -2.46. The van der Waals surface area contributed by atoms with Crippen LogP contribution in [0.1, 0.15) is 296 Å². The zero-order valence-corrected chi connectivity index (χ0v) is 49.9. The number of carbonyl (C=O) groups is 1. The van der Waals surface area contributed by atoms with E-state index in [1.165, 1.54) is 231 Å². The Labute approximate surface area is 476 Å². The van der Waals surface area contributed by atoms with Crippen LogP contribution in [0.25, 0.3) is 0 Å². The highest BCUT2D eigenvalue weighted by Crippen LogP contribution is 2.30. The quantitative estimate of drug-likeness (QED) is 0.0204. The SMILES string of the molecule is CCCCCCCCCCCCCCCCCCCCCCCCCCC/C=C/C(O)C(COC1OC(CO)C(OC2OC(CO)C(O)C(O)C2O)C(O)C1O)NC(=O)CCCCCCCCCCCCCCCCCCC. The Balaban J connectivity index is 1.70. The summed E-state index contributed by atoms with van der Waals surface area (Å²) in [5, 5.41) is 87.3. The van der Waals surface area contributed by atoms with Crippen LogP contribution in [0.2, 0.25) is 0 Å². The lowest BCUT2D eigenvalue weighted by atomic mass is 9.97. The van der Waals surface area contributed by atoms with Crippen LogP contribution < -0.4 is 5.32 Å². The lowest BCUT2D eigenvalue weighted by molar-refractivity contribution is -0.359. The Morgan fingerprint density at radius 3 is 1.18 bits per heavy atom. The highest BCUT2D eigenvalue weighted by molar-refractivity contribution is 5.76. The van der Waals surface area contributed by atoms with Gasteiger partial charge in [0.2, 0.25) is 5.91 Å². The molecule has 12 atom stereocenters. The Bertz CT molecular complexity index is 1360.